The predicted molar refractivity (Wildman–Crippen MR) is 37.3 cm³/mol. The average molecular weight is 169 g/mol. The fourth-order valence-corrected chi connectivity index (χ4v) is 0.560. The van der Waals surface area contributed by atoms with Gasteiger partial charge in [0, 0.05) is 0 Å². The van der Waals surface area contributed by atoms with Gasteiger partial charge in [-0.3, -0.25) is 0 Å². The minimum Gasteiger partial charge on any atom is -1.00 e. The van der Waals surface area contributed by atoms with Crippen molar-refractivity contribution < 1.29 is 71.6 Å². The third kappa shape index (κ3) is 6.23. The standard InChI is InChI=1S/C6H6BO2.2Na.2H/c8-7-9-6-4-2-1-3-5-6;;;;/h1-5,8H;;;;/q;2*+1;2*-1. The molecule has 1 aromatic rings. The molecule has 0 aliphatic heterocycles. The molecule has 0 bridgehead atoms. The molecule has 0 saturated heterocycles. The molecule has 5 heteroatoms. The largest absolute Gasteiger partial charge is 1.00 e. The van der Waals surface area contributed by atoms with Gasteiger partial charge in [-0.05, 0) is 12.1 Å². The molecule has 0 fully saturated rings. The monoisotopic (exact) mass is 169 g/mol. The van der Waals surface area contributed by atoms with Gasteiger partial charge in [-0.25, -0.2) is 0 Å². The van der Waals surface area contributed by atoms with Gasteiger partial charge in [0.2, 0.25) is 0 Å². The van der Waals surface area contributed by atoms with Crippen LogP contribution in [0.15, 0.2) is 30.3 Å². The molecule has 0 aliphatic rings. The molecule has 49 valence electrons. The zero-order valence-electron chi connectivity index (χ0n) is 8.82. The fourth-order valence-electron chi connectivity index (χ4n) is 0.560. The molecule has 0 spiro atoms. The van der Waals surface area contributed by atoms with E-state index < -0.39 is 0 Å². The Morgan fingerprint density at radius 2 is 1.73 bits per heavy atom. The molecular formula is C6H8BNa2O2. The van der Waals surface area contributed by atoms with E-state index >= 15 is 0 Å². The Morgan fingerprint density at radius 1 is 1.18 bits per heavy atom. The van der Waals surface area contributed by atoms with Crippen molar-refractivity contribution in [1.82, 2.24) is 0 Å². The molecule has 1 aromatic carbocycles. The molecule has 2 nitrogen and oxygen atoms in total. The van der Waals surface area contributed by atoms with Gasteiger partial charge in [-0.1, -0.05) is 18.2 Å². The van der Waals surface area contributed by atoms with Gasteiger partial charge in [0.05, 0.1) is 5.75 Å². The molecule has 1 radical (unpaired) electrons. The fraction of sp³-hybridized carbons (Fsp3) is 0. The van der Waals surface area contributed by atoms with Gasteiger partial charge >= 0.3 is 66.8 Å². The molecular weight excluding hydrogens is 161 g/mol. The van der Waals surface area contributed by atoms with Crippen molar-refractivity contribution in [3.05, 3.63) is 30.3 Å². The van der Waals surface area contributed by atoms with Gasteiger partial charge in [-0.15, -0.1) is 0 Å². The molecule has 0 unspecified atom stereocenters. The molecule has 0 saturated carbocycles. The number of hydrogen-bond acceptors (Lipinski definition) is 2. The third-order valence-electron chi connectivity index (χ3n) is 0.932. The summed E-state index contributed by atoms with van der Waals surface area (Å²) in [7, 11) is 0.662. The quantitative estimate of drug-likeness (QED) is 0.448. The summed E-state index contributed by atoms with van der Waals surface area (Å²) < 4.78 is 4.64. The number of benzene rings is 1. The second-order valence-electron chi connectivity index (χ2n) is 1.54. The van der Waals surface area contributed by atoms with E-state index in [9.17, 15) is 0 Å². The topological polar surface area (TPSA) is 29.5 Å². The molecule has 0 aliphatic carbocycles. The number of hydrogen-bond donors (Lipinski definition) is 1. The van der Waals surface area contributed by atoms with E-state index in [1.807, 2.05) is 18.2 Å². The Morgan fingerprint density at radius 3 is 2.18 bits per heavy atom. The van der Waals surface area contributed by atoms with Gasteiger partial charge in [0.15, 0.2) is 0 Å². The van der Waals surface area contributed by atoms with Crippen molar-refractivity contribution in [3.63, 3.8) is 0 Å². The smallest absolute Gasteiger partial charge is 1.00 e. The van der Waals surface area contributed by atoms with Crippen LogP contribution >= 0.6 is 0 Å². The third-order valence-corrected chi connectivity index (χ3v) is 0.932. The van der Waals surface area contributed by atoms with E-state index in [4.69, 9.17) is 5.02 Å². The summed E-state index contributed by atoms with van der Waals surface area (Å²) in [4.78, 5) is 0. The van der Waals surface area contributed by atoms with Gasteiger partial charge < -0.3 is 12.5 Å². The first kappa shape index (κ1) is 14.6. The first-order valence-electron chi connectivity index (χ1n) is 2.61. The van der Waals surface area contributed by atoms with E-state index in [0.717, 1.165) is 0 Å². The van der Waals surface area contributed by atoms with Crippen molar-refractivity contribution in [2.75, 3.05) is 0 Å². The van der Waals surface area contributed by atoms with Crippen LogP contribution in [0.5, 0.6) is 5.75 Å². The van der Waals surface area contributed by atoms with E-state index in [-0.39, 0.29) is 62.0 Å². The SMILES string of the molecule is O[B]Oc1ccccc1.[H-].[H-].[Na+].[Na+]. The first-order valence-corrected chi connectivity index (χ1v) is 2.61. The van der Waals surface area contributed by atoms with E-state index in [1.54, 1.807) is 12.1 Å². The van der Waals surface area contributed by atoms with Crippen molar-refractivity contribution in [1.29, 1.82) is 0 Å². The first-order chi connectivity index (χ1) is 4.43. The van der Waals surface area contributed by atoms with Crippen LogP contribution in [0.4, 0.5) is 0 Å². The second kappa shape index (κ2) is 9.14. The van der Waals surface area contributed by atoms with E-state index in [0.29, 0.717) is 13.4 Å². The Hall–Kier alpha value is 1.04. The number of rotatable bonds is 2. The second-order valence-corrected chi connectivity index (χ2v) is 1.54. The minimum atomic E-state index is 0. The molecule has 0 amide bonds. The van der Waals surface area contributed by atoms with E-state index in [1.165, 1.54) is 0 Å². The van der Waals surface area contributed by atoms with Crippen LogP contribution in [-0.2, 0) is 0 Å². The Bertz CT molecular complexity index is 180. The van der Waals surface area contributed by atoms with Crippen LogP contribution in [0.1, 0.15) is 2.85 Å². The van der Waals surface area contributed by atoms with Gasteiger partial charge in [0.1, 0.15) is 0 Å². The van der Waals surface area contributed by atoms with Gasteiger partial charge in [0.25, 0.3) is 0 Å². The van der Waals surface area contributed by atoms with Crippen molar-refractivity contribution in [2.24, 2.45) is 0 Å². The summed E-state index contributed by atoms with van der Waals surface area (Å²) in [6.07, 6.45) is 0. The average Bonchev–Trinajstić information content (AvgIpc) is 1.91. The maximum absolute atomic E-state index is 8.17. The molecule has 0 heterocycles. The molecule has 1 N–H and O–H groups in total. The van der Waals surface area contributed by atoms with Crippen LogP contribution in [0.25, 0.3) is 0 Å². The predicted octanol–water partition coefficient (Wildman–Crippen LogP) is -5.18. The zero-order valence-corrected chi connectivity index (χ0v) is 10.8. The summed E-state index contributed by atoms with van der Waals surface area (Å²) in [5, 5.41) is 8.17. The molecule has 1 rings (SSSR count). The number of para-hydroxylation sites is 1. The van der Waals surface area contributed by atoms with Crippen LogP contribution in [-0.4, -0.2) is 12.7 Å². The normalized spacial score (nSPS) is 7.00. The van der Waals surface area contributed by atoms with E-state index in [2.05, 4.69) is 4.65 Å². The maximum atomic E-state index is 8.17. The Labute approximate surface area is 114 Å². The Balaban J connectivity index is -0.000000101. The van der Waals surface area contributed by atoms with Crippen LogP contribution in [0.2, 0.25) is 0 Å². The summed E-state index contributed by atoms with van der Waals surface area (Å²) in [5.74, 6) is 0.639. The molecule has 0 aromatic heterocycles. The van der Waals surface area contributed by atoms with Crippen molar-refractivity contribution in [2.45, 2.75) is 0 Å². The summed E-state index contributed by atoms with van der Waals surface area (Å²) in [5.41, 5.74) is 0. The summed E-state index contributed by atoms with van der Waals surface area (Å²) in [6.45, 7) is 0. The minimum absolute atomic E-state index is 0. The molecule has 11 heavy (non-hydrogen) atoms. The van der Waals surface area contributed by atoms with Crippen LogP contribution in [0, 0.1) is 0 Å². The van der Waals surface area contributed by atoms with Crippen molar-refractivity contribution >= 4 is 7.69 Å². The Kier molecular flexibility index (Phi) is 12.1. The molecule has 0 atom stereocenters. The zero-order chi connectivity index (χ0) is 6.53. The maximum Gasteiger partial charge on any atom is 1.00 e. The van der Waals surface area contributed by atoms with Gasteiger partial charge in [-0.2, -0.15) is 0 Å². The summed E-state index contributed by atoms with van der Waals surface area (Å²) >= 11 is 0. The van der Waals surface area contributed by atoms with Crippen LogP contribution in [0.3, 0.4) is 0 Å². The summed E-state index contributed by atoms with van der Waals surface area (Å²) in [6, 6.07) is 9.06. The van der Waals surface area contributed by atoms with Crippen molar-refractivity contribution in [3.8, 4) is 5.75 Å². The van der Waals surface area contributed by atoms with Crippen LogP contribution < -0.4 is 63.8 Å².